The third-order valence-electron chi connectivity index (χ3n) is 4.48. The van der Waals surface area contributed by atoms with Crippen LogP contribution in [0.1, 0.15) is 24.5 Å². The lowest BCUT2D eigenvalue weighted by atomic mass is 10.1. The molecule has 0 bridgehead atoms. The molecule has 0 spiro atoms. The number of rotatable bonds is 10. The van der Waals surface area contributed by atoms with E-state index >= 15 is 0 Å². The Morgan fingerprint density at radius 2 is 1.83 bits per heavy atom. The number of thioether (sulfide) groups is 1. The second-order valence-electron chi connectivity index (χ2n) is 6.73. The van der Waals surface area contributed by atoms with Crippen LogP contribution in [0.2, 0.25) is 0 Å². The van der Waals surface area contributed by atoms with Crippen molar-refractivity contribution in [3.63, 3.8) is 0 Å². The van der Waals surface area contributed by atoms with E-state index in [0.717, 1.165) is 16.3 Å². The molecule has 0 saturated heterocycles. The maximum Gasteiger partial charge on any atom is 0.243 e. The molecule has 8 heteroatoms. The Labute approximate surface area is 176 Å². The Morgan fingerprint density at radius 3 is 2.41 bits per heavy atom. The first-order chi connectivity index (χ1) is 13.7. The molecule has 0 aromatic heterocycles. The molecular formula is C21H27FN2O3S2. The fourth-order valence-electron chi connectivity index (χ4n) is 2.97. The van der Waals surface area contributed by atoms with Crippen molar-refractivity contribution in [3.05, 3.63) is 65.5 Å². The molecule has 0 aliphatic carbocycles. The number of nitrogens with zero attached hydrogens (tertiary/aromatic N) is 1. The minimum absolute atomic E-state index is 0.268. The van der Waals surface area contributed by atoms with Gasteiger partial charge in [0.1, 0.15) is 11.9 Å². The molecule has 0 unspecified atom stereocenters. The number of sulfonamides is 1. The van der Waals surface area contributed by atoms with Gasteiger partial charge in [-0.15, -0.1) is 0 Å². The lowest BCUT2D eigenvalue weighted by Gasteiger charge is -2.30. The molecule has 2 rings (SSSR count). The van der Waals surface area contributed by atoms with Crippen LogP contribution in [0.5, 0.6) is 0 Å². The Morgan fingerprint density at radius 1 is 1.17 bits per heavy atom. The third-order valence-corrected chi connectivity index (χ3v) is 6.66. The zero-order chi connectivity index (χ0) is 21.4. The summed E-state index contributed by atoms with van der Waals surface area (Å²) in [7, 11) is -3.72. The third kappa shape index (κ3) is 6.75. The second kappa shape index (κ2) is 10.6. The van der Waals surface area contributed by atoms with E-state index in [1.54, 1.807) is 18.7 Å². The molecule has 0 fully saturated rings. The van der Waals surface area contributed by atoms with E-state index < -0.39 is 21.9 Å². The number of halogens is 1. The standard InChI is InChI=1S/C21H27FN2O3S2/c1-4-20(24(29(3,26)27)19-11-9-18(22)10-12-19)21(25)23-13-14-28-15-17-8-6-5-7-16(17)2/h5-12,20H,4,13-15H2,1-3H3,(H,23,25)/t20-/m0/s1. The highest BCUT2D eigenvalue weighted by Crippen LogP contribution is 2.23. The van der Waals surface area contributed by atoms with Crippen molar-refractivity contribution in [2.24, 2.45) is 0 Å². The van der Waals surface area contributed by atoms with Crippen molar-refractivity contribution in [1.29, 1.82) is 0 Å². The Balaban J connectivity index is 1.97. The van der Waals surface area contributed by atoms with E-state index in [0.29, 0.717) is 18.7 Å². The smallest absolute Gasteiger partial charge is 0.243 e. The predicted molar refractivity (Wildman–Crippen MR) is 118 cm³/mol. The second-order valence-corrected chi connectivity index (χ2v) is 9.69. The topological polar surface area (TPSA) is 66.5 Å². The van der Waals surface area contributed by atoms with Crippen molar-refractivity contribution < 1.29 is 17.6 Å². The van der Waals surface area contributed by atoms with Gasteiger partial charge in [0, 0.05) is 18.1 Å². The Bertz CT molecular complexity index is 918. The summed E-state index contributed by atoms with van der Waals surface area (Å²) in [5, 5.41) is 2.83. The van der Waals surface area contributed by atoms with E-state index in [2.05, 4.69) is 24.4 Å². The minimum Gasteiger partial charge on any atom is -0.353 e. The van der Waals surface area contributed by atoms with Gasteiger partial charge in [-0.1, -0.05) is 31.2 Å². The Hall–Kier alpha value is -2.06. The van der Waals surface area contributed by atoms with Crippen LogP contribution in [0.15, 0.2) is 48.5 Å². The summed E-state index contributed by atoms with van der Waals surface area (Å²) in [6.45, 7) is 4.25. The molecule has 1 atom stereocenters. The summed E-state index contributed by atoms with van der Waals surface area (Å²) >= 11 is 1.71. The summed E-state index contributed by atoms with van der Waals surface area (Å²) in [6.07, 6.45) is 1.34. The minimum atomic E-state index is -3.72. The number of nitrogens with one attached hydrogen (secondary N) is 1. The molecule has 0 aliphatic heterocycles. The normalized spacial score (nSPS) is 12.4. The maximum atomic E-state index is 13.2. The number of hydrogen-bond acceptors (Lipinski definition) is 4. The SMILES string of the molecule is CC[C@@H](C(=O)NCCSCc1ccccc1C)N(c1ccc(F)cc1)S(C)(=O)=O. The molecule has 0 saturated carbocycles. The van der Waals surface area contributed by atoms with E-state index in [1.165, 1.54) is 35.4 Å². The first-order valence-electron chi connectivity index (χ1n) is 9.39. The van der Waals surface area contributed by atoms with Crippen LogP contribution in [0.3, 0.4) is 0 Å². The summed E-state index contributed by atoms with van der Waals surface area (Å²) in [5.74, 6) is 0.737. The average molecular weight is 439 g/mol. The van der Waals surface area contributed by atoms with Crippen LogP contribution < -0.4 is 9.62 Å². The van der Waals surface area contributed by atoms with Crippen LogP contribution in [-0.4, -0.2) is 38.9 Å². The average Bonchev–Trinajstić information content (AvgIpc) is 2.67. The summed E-state index contributed by atoms with van der Waals surface area (Å²) < 4.78 is 39.0. The van der Waals surface area contributed by atoms with Gasteiger partial charge in [0.2, 0.25) is 15.9 Å². The molecule has 2 aromatic carbocycles. The van der Waals surface area contributed by atoms with Gasteiger partial charge >= 0.3 is 0 Å². The van der Waals surface area contributed by atoms with Gasteiger partial charge in [-0.25, -0.2) is 12.8 Å². The van der Waals surface area contributed by atoms with Crippen molar-refractivity contribution in [1.82, 2.24) is 5.32 Å². The summed E-state index contributed by atoms with van der Waals surface area (Å²) in [4.78, 5) is 12.7. The van der Waals surface area contributed by atoms with Crippen LogP contribution in [0, 0.1) is 12.7 Å². The molecule has 158 valence electrons. The Kier molecular flexibility index (Phi) is 8.52. The van der Waals surface area contributed by atoms with E-state index in [-0.39, 0.29) is 11.6 Å². The van der Waals surface area contributed by atoms with Crippen LogP contribution in [-0.2, 0) is 20.6 Å². The molecular weight excluding hydrogens is 411 g/mol. The maximum absolute atomic E-state index is 13.2. The van der Waals surface area contributed by atoms with E-state index in [4.69, 9.17) is 0 Å². The zero-order valence-electron chi connectivity index (χ0n) is 16.9. The highest BCUT2D eigenvalue weighted by Gasteiger charge is 2.31. The van der Waals surface area contributed by atoms with Crippen molar-refractivity contribution >= 4 is 33.4 Å². The molecule has 1 amide bonds. The fraction of sp³-hybridized carbons (Fsp3) is 0.381. The largest absolute Gasteiger partial charge is 0.353 e. The number of hydrogen-bond donors (Lipinski definition) is 1. The predicted octanol–water partition coefficient (Wildman–Crippen LogP) is 3.73. The molecule has 29 heavy (non-hydrogen) atoms. The molecule has 5 nitrogen and oxygen atoms in total. The van der Waals surface area contributed by atoms with Gasteiger partial charge in [0.05, 0.1) is 11.9 Å². The first-order valence-corrected chi connectivity index (χ1v) is 12.4. The molecule has 0 heterocycles. The van der Waals surface area contributed by atoms with Crippen LogP contribution in [0.25, 0.3) is 0 Å². The lowest BCUT2D eigenvalue weighted by molar-refractivity contribution is -0.122. The monoisotopic (exact) mass is 438 g/mol. The zero-order valence-corrected chi connectivity index (χ0v) is 18.5. The number of benzene rings is 2. The highest BCUT2D eigenvalue weighted by atomic mass is 32.2. The molecule has 2 aromatic rings. The van der Waals surface area contributed by atoms with E-state index in [9.17, 15) is 17.6 Å². The first kappa shape index (κ1) is 23.2. The van der Waals surface area contributed by atoms with Gasteiger partial charge in [-0.3, -0.25) is 9.10 Å². The van der Waals surface area contributed by atoms with Gasteiger partial charge in [-0.05, 0) is 48.7 Å². The van der Waals surface area contributed by atoms with Crippen molar-refractivity contribution in [3.8, 4) is 0 Å². The van der Waals surface area contributed by atoms with Gasteiger partial charge < -0.3 is 5.32 Å². The van der Waals surface area contributed by atoms with Crippen molar-refractivity contribution in [2.45, 2.75) is 32.1 Å². The summed E-state index contributed by atoms with van der Waals surface area (Å²) in [6, 6.07) is 12.4. The number of aryl methyl sites for hydroxylation is 1. The number of carbonyl (C=O) groups excluding carboxylic acids is 1. The van der Waals surface area contributed by atoms with Gasteiger partial charge in [0.25, 0.3) is 0 Å². The quantitative estimate of drug-likeness (QED) is 0.574. The lowest BCUT2D eigenvalue weighted by Crippen LogP contribution is -2.49. The summed E-state index contributed by atoms with van der Waals surface area (Å²) in [5.41, 5.74) is 2.76. The van der Waals surface area contributed by atoms with Crippen molar-refractivity contribution in [2.75, 3.05) is 22.9 Å². The number of amides is 1. The highest BCUT2D eigenvalue weighted by molar-refractivity contribution is 7.98. The fourth-order valence-corrected chi connectivity index (χ4v) is 5.11. The van der Waals surface area contributed by atoms with Crippen LogP contribution >= 0.6 is 11.8 Å². The molecule has 0 aliphatic rings. The molecule has 0 radical (unpaired) electrons. The molecule has 1 N–H and O–H groups in total. The van der Waals surface area contributed by atoms with E-state index in [1.807, 2.05) is 12.1 Å². The number of carbonyl (C=O) groups is 1. The van der Waals surface area contributed by atoms with Crippen LogP contribution in [0.4, 0.5) is 10.1 Å². The van der Waals surface area contributed by atoms with Gasteiger partial charge in [0.15, 0.2) is 0 Å². The van der Waals surface area contributed by atoms with Gasteiger partial charge in [-0.2, -0.15) is 11.8 Å². The number of anilines is 1.